The minimum Gasteiger partial charge on any atom is -0.330 e. The van der Waals surface area contributed by atoms with Crippen LogP contribution in [0.15, 0.2) is 18.2 Å². The standard InChI is InChI=1S/C12H15Cl2N.ClH/c13-10-3-2-9(8-11(10)14)12(6-7-15)4-1-5-12;/h2-3,8H,1,4-7,15H2;1H. The molecule has 2 rings (SSSR count). The molecule has 1 nitrogen and oxygen atoms in total. The molecule has 16 heavy (non-hydrogen) atoms. The molecule has 1 fully saturated rings. The van der Waals surface area contributed by atoms with Gasteiger partial charge in [-0.3, -0.25) is 0 Å². The van der Waals surface area contributed by atoms with E-state index >= 15 is 0 Å². The summed E-state index contributed by atoms with van der Waals surface area (Å²) in [5, 5.41) is 1.28. The van der Waals surface area contributed by atoms with Crippen LogP contribution in [-0.2, 0) is 5.41 Å². The minimum absolute atomic E-state index is 0. The Morgan fingerprint density at radius 1 is 1.19 bits per heavy atom. The van der Waals surface area contributed by atoms with E-state index in [4.69, 9.17) is 28.9 Å². The molecule has 0 unspecified atom stereocenters. The lowest BCUT2D eigenvalue weighted by molar-refractivity contribution is 0.229. The van der Waals surface area contributed by atoms with E-state index in [9.17, 15) is 0 Å². The van der Waals surface area contributed by atoms with E-state index in [-0.39, 0.29) is 17.8 Å². The zero-order valence-electron chi connectivity index (χ0n) is 9.01. The minimum atomic E-state index is 0. The fourth-order valence-electron chi connectivity index (χ4n) is 2.39. The van der Waals surface area contributed by atoms with Crippen molar-refractivity contribution in [3.8, 4) is 0 Å². The highest BCUT2D eigenvalue weighted by molar-refractivity contribution is 6.42. The van der Waals surface area contributed by atoms with Crippen LogP contribution in [0, 0.1) is 0 Å². The van der Waals surface area contributed by atoms with E-state index < -0.39 is 0 Å². The van der Waals surface area contributed by atoms with Gasteiger partial charge in [-0.1, -0.05) is 35.7 Å². The third-order valence-electron chi connectivity index (χ3n) is 3.47. The molecule has 0 heterocycles. The first-order chi connectivity index (χ1) is 7.18. The lowest BCUT2D eigenvalue weighted by atomic mass is 9.62. The van der Waals surface area contributed by atoms with Gasteiger partial charge >= 0.3 is 0 Å². The number of benzene rings is 1. The third kappa shape index (κ3) is 2.48. The van der Waals surface area contributed by atoms with Crippen LogP contribution in [0.25, 0.3) is 0 Å². The van der Waals surface area contributed by atoms with Gasteiger partial charge in [0.2, 0.25) is 0 Å². The van der Waals surface area contributed by atoms with Crippen LogP contribution in [-0.4, -0.2) is 6.54 Å². The van der Waals surface area contributed by atoms with Crippen LogP contribution in [0.5, 0.6) is 0 Å². The summed E-state index contributed by atoms with van der Waals surface area (Å²) in [5.41, 5.74) is 7.25. The second-order valence-corrected chi connectivity index (χ2v) is 5.12. The highest BCUT2D eigenvalue weighted by Crippen LogP contribution is 2.47. The number of halogens is 3. The van der Waals surface area contributed by atoms with Gasteiger partial charge in [-0.2, -0.15) is 0 Å². The summed E-state index contributed by atoms with van der Waals surface area (Å²) in [4.78, 5) is 0. The molecular formula is C12H16Cl3N. The second-order valence-electron chi connectivity index (χ2n) is 4.30. The summed E-state index contributed by atoms with van der Waals surface area (Å²) in [7, 11) is 0. The lowest BCUT2D eigenvalue weighted by Gasteiger charge is -2.42. The van der Waals surface area contributed by atoms with Crippen molar-refractivity contribution in [3.05, 3.63) is 33.8 Å². The molecule has 90 valence electrons. The van der Waals surface area contributed by atoms with Crippen molar-refractivity contribution in [3.63, 3.8) is 0 Å². The number of hydrogen-bond acceptors (Lipinski definition) is 1. The molecule has 1 aliphatic carbocycles. The summed E-state index contributed by atoms with van der Waals surface area (Å²) >= 11 is 12.0. The monoisotopic (exact) mass is 279 g/mol. The van der Waals surface area contributed by atoms with E-state index in [0.29, 0.717) is 10.0 Å². The molecule has 0 radical (unpaired) electrons. The van der Waals surface area contributed by atoms with Gasteiger partial charge in [0, 0.05) is 0 Å². The first-order valence-electron chi connectivity index (χ1n) is 5.33. The molecular weight excluding hydrogens is 264 g/mol. The fourth-order valence-corrected chi connectivity index (χ4v) is 2.69. The fraction of sp³-hybridized carbons (Fsp3) is 0.500. The van der Waals surface area contributed by atoms with Crippen LogP contribution in [0.3, 0.4) is 0 Å². The van der Waals surface area contributed by atoms with E-state index in [1.807, 2.05) is 12.1 Å². The molecule has 0 aromatic heterocycles. The first-order valence-corrected chi connectivity index (χ1v) is 6.09. The van der Waals surface area contributed by atoms with Gasteiger partial charge < -0.3 is 5.73 Å². The Morgan fingerprint density at radius 2 is 1.88 bits per heavy atom. The summed E-state index contributed by atoms with van der Waals surface area (Å²) in [6.07, 6.45) is 4.79. The number of hydrogen-bond donors (Lipinski definition) is 1. The molecule has 0 atom stereocenters. The average Bonchev–Trinajstić information content (AvgIpc) is 2.16. The van der Waals surface area contributed by atoms with Crippen LogP contribution < -0.4 is 5.73 Å². The quantitative estimate of drug-likeness (QED) is 0.883. The predicted octanol–water partition coefficient (Wildman–Crippen LogP) is 4.19. The van der Waals surface area contributed by atoms with Gasteiger partial charge in [0.15, 0.2) is 0 Å². The normalized spacial score (nSPS) is 17.4. The molecule has 0 spiro atoms. The van der Waals surface area contributed by atoms with Gasteiger partial charge in [-0.15, -0.1) is 12.4 Å². The number of nitrogens with two attached hydrogens (primary N) is 1. The largest absolute Gasteiger partial charge is 0.330 e. The summed E-state index contributed by atoms with van der Waals surface area (Å²) in [6.45, 7) is 0.736. The van der Waals surface area contributed by atoms with Gasteiger partial charge in [-0.05, 0) is 48.9 Å². The van der Waals surface area contributed by atoms with Crippen molar-refractivity contribution in [2.75, 3.05) is 6.54 Å². The van der Waals surface area contributed by atoms with Crippen molar-refractivity contribution in [1.82, 2.24) is 0 Å². The van der Waals surface area contributed by atoms with Crippen LogP contribution in [0.1, 0.15) is 31.2 Å². The Hall–Kier alpha value is 0.0500. The predicted molar refractivity (Wildman–Crippen MR) is 72.9 cm³/mol. The molecule has 1 saturated carbocycles. The molecule has 0 aliphatic heterocycles. The summed E-state index contributed by atoms with van der Waals surface area (Å²) in [5.74, 6) is 0. The van der Waals surface area contributed by atoms with E-state index in [0.717, 1.165) is 13.0 Å². The number of rotatable bonds is 3. The van der Waals surface area contributed by atoms with Gasteiger partial charge in [0.25, 0.3) is 0 Å². The molecule has 0 saturated heterocycles. The Bertz CT molecular complexity index is 361. The Labute approximate surface area is 113 Å². The van der Waals surface area contributed by atoms with Crippen molar-refractivity contribution in [2.45, 2.75) is 31.1 Å². The maximum Gasteiger partial charge on any atom is 0.0595 e. The van der Waals surface area contributed by atoms with Gasteiger partial charge in [0.05, 0.1) is 10.0 Å². The zero-order chi connectivity index (χ0) is 10.9. The molecule has 0 bridgehead atoms. The van der Waals surface area contributed by atoms with E-state index in [1.54, 1.807) is 0 Å². The average molecular weight is 281 g/mol. The van der Waals surface area contributed by atoms with E-state index in [2.05, 4.69) is 6.07 Å². The van der Waals surface area contributed by atoms with Crippen LogP contribution in [0.4, 0.5) is 0 Å². The summed E-state index contributed by atoms with van der Waals surface area (Å²) in [6, 6.07) is 5.97. The second kappa shape index (κ2) is 5.59. The molecule has 2 N–H and O–H groups in total. The van der Waals surface area contributed by atoms with E-state index in [1.165, 1.54) is 24.8 Å². The van der Waals surface area contributed by atoms with Crippen molar-refractivity contribution < 1.29 is 0 Å². The smallest absolute Gasteiger partial charge is 0.0595 e. The lowest BCUT2D eigenvalue weighted by Crippen LogP contribution is -2.36. The summed E-state index contributed by atoms with van der Waals surface area (Å²) < 4.78 is 0. The highest BCUT2D eigenvalue weighted by atomic mass is 35.5. The molecule has 1 aliphatic rings. The zero-order valence-corrected chi connectivity index (χ0v) is 11.3. The van der Waals surface area contributed by atoms with Crippen molar-refractivity contribution in [2.24, 2.45) is 5.73 Å². The van der Waals surface area contributed by atoms with Crippen molar-refractivity contribution in [1.29, 1.82) is 0 Å². The highest BCUT2D eigenvalue weighted by Gasteiger charge is 2.37. The molecule has 1 aromatic carbocycles. The van der Waals surface area contributed by atoms with Crippen LogP contribution >= 0.6 is 35.6 Å². The maximum atomic E-state index is 6.04. The van der Waals surface area contributed by atoms with Gasteiger partial charge in [0.1, 0.15) is 0 Å². The SMILES string of the molecule is Cl.NCCC1(c2ccc(Cl)c(Cl)c2)CCC1. The molecule has 4 heteroatoms. The van der Waals surface area contributed by atoms with Gasteiger partial charge in [-0.25, -0.2) is 0 Å². The topological polar surface area (TPSA) is 26.0 Å². The maximum absolute atomic E-state index is 6.04. The molecule has 1 aromatic rings. The Morgan fingerprint density at radius 3 is 2.31 bits per heavy atom. The third-order valence-corrected chi connectivity index (χ3v) is 4.20. The molecule has 0 amide bonds. The Balaban J connectivity index is 0.00000128. The van der Waals surface area contributed by atoms with Crippen LogP contribution in [0.2, 0.25) is 10.0 Å². The first kappa shape index (κ1) is 14.1. The van der Waals surface area contributed by atoms with Crippen molar-refractivity contribution >= 4 is 35.6 Å². The Kier molecular flexibility index (Phi) is 4.93.